The van der Waals surface area contributed by atoms with Crippen LogP contribution in [0, 0.1) is 12.7 Å². The van der Waals surface area contributed by atoms with Gasteiger partial charge in [0.25, 0.3) is 0 Å². The number of oxazole rings is 1. The van der Waals surface area contributed by atoms with Crippen LogP contribution in [0.15, 0.2) is 22.6 Å². The van der Waals surface area contributed by atoms with Gasteiger partial charge in [-0.3, -0.25) is 4.90 Å². The van der Waals surface area contributed by atoms with E-state index in [1.54, 1.807) is 12.1 Å². The first-order chi connectivity index (χ1) is 12.6. The fourth-order valence-electron chi connectivity index (χ4n) is 3.33. The minimum Gasteiger partial charge on any atom is -0.494 e. The molecule has 1 atom stereocenters. The van der Waals surface area contributed by atoms with Crippen LogP contribution in [-0.2, 0) is 11.3 Å². The summed E-state index contributed by atoms with van der Waals surface area (Å²) in [6.07, 6.45) is 3.66. The van der Waals surface area contributed by atoms with E-state index in [0.717, 1.165) is 57.0 Å². The van der Waals surface area contributed by atoms with E-state index in [1.165, 1.54) is 13.2 Å². The van der Waals surface area contributed by atoms with Crippen molar-refractivity contribution in [2.75, 3.05) is 26.8 Å². The van der Waals surface area contributed by atoms with Crippen molar-refractivity contribution in [3.05, 3.63) is 35.5 Å². The number of nitrogens with zero attached hydrogens (tertiary/aromatic N) is 2. The first-order valence-electron chi connectivity index (χ1n) is 9.25. The van der Waals surface area contributed by atoms with E-state index in [1.807, 2.05) is 6.92 Å². The Morgan fingerprint density at radius 3 is 2.92 bits per heavy atom. The highest BCUT2D eigenvalue weighted by Crippen LogP contribution is 2.28. The molecule has 0 unspecified atom stereocenters. The van der Waals surface area contributed by atoms with Crippen molar-refractivity contribution < 1.29 is 18.3 Å². The van der Waals surface area contributed by atoms with Gasteiger partial charge in [0.1, 0.15) is 5.76 Å². The minimum absolute atomic E-state index is 0.186. The number of benzene rings is 1. The molecule has 0 amide bonds. The summed E-state index contributed by atoms with van der Waals surface area (Å²) in [5.74, 6) is 1.07. The first-order valence-corrected chi connectivity index (χ1v) is 9.25. The lowest BCUT2D eigenvalue weighted by molar-refractivity contribution is 0.0701. The van der Waals surface area contributed by atoms with Crippen molar-refractivity contribution in [1.29, 1.82) is 0 Å². The third-order valence-electron chi connectivity index (χ3n) is 4.69. The van der Waals surface area contributed by atoms with Gasteiger partial charge in [-0.05, 0) is 50.9 Å². The highest BCUT2D eigenvalue weighted by molar-refractivity contribution is 5.56. The molecular weight excluding hydrogens is 335 g/mol. The zero-order chi connectivity index (χ0) is 18.5. The summed E-state index contributed by atoms with van der Waals surface area (Å²) >= 11 is 0. The average Bonchev–Trinajstić information content (AvgIpc) is 3.26. The zero-order valence-corrected chi connectivity index (χ0v) is 15.8. The van der Waals surface area contributed by atoms with E-state index < -0.39 is 5.82 Å². The molecule has 0 N–H and O–H groups in total. The van der Waals surface area contributed by atoms with Crippen LogP contribution in [0.2, 0.25) is 0 Å². The second-order valence-electron chi connectivity index (χ2n) is 6.74. The maximum Gasteiger partial charge on any atom is 0.226 e. The second kappa shape index (κ2) is 8.64. The molecule has 5 nitrogen and oxygen atoms in total. The molecule has 0 bridgehead atoms. The van der Waals surface area contributed by atoms with E-state index in [0.29, 0.717) is 17.6 Å². The number of hydrogen-bond donors (Lipinski definition) is 0. The lowest BCUT2D eigenvalue weighted by Gasteiger charge is -2.23. The molecule has 1 aromatic carbocycles. The predicted octanol–water partition coefficient (Wildman–Crippen LogP) is 4.19. The minimum atomic E-state index is -0.398. The summed E-state index contributed by atoms with van der Waals surface area (Å²) in [7, 11) is 1.45. The molecule has 26 heavy (non-hydrogen) atoms. The normalized spacial score (nSPS) is 17.2. The molecule has 0 aliphatic carbocycles. The van der Waals surface area contributed by atoms with Gasteiger partial charge in [0.15, 0.2) is 11.6 Å². The molecule has 1 aliphatic heterocycles. The number of aromatic nitrogens is 1. The van der Waals surface area contributed by atoms with Crippen molar-refractivity contribution in [3.8, 4) is 17.2 Å². The first kappa shape index (κ1) is 18.9. The van der Waals surface area contributed by atoms with Crippen molar-refractivity contribution in [1.82, 2.24) is 9.88 Å². The quantitative estimate of drug-likeness (QED) is 0.705. The fraction of sp³-hybridized carbons (Fsp3) is 0.550. The third kappa shape index (κ3) is 4.43. The summed E-state index contributed by atoms with van der Waals surface area (Å²) in [5.41, 5.74) is 1.62. The molecule has 1 fully saturated rings. The Morgan fingerprint density at radius 1 is 1.38 bits per heavy atom. The van der Waals surface area contributed by atoms with Crippen LogP contribution in [0.4, 0.5) is 4.39 Å². The topological polar surface area (TPSA) is 47.7 Å². The van der Waals surface area contributed by atoms with Gasteiger partial charge in [-0.2, -0.15) is 0 Å². The molecule has 0 spiro atoms. The Labute approximate surface area is 154 Å². The van der Waals surface area contributed by atoms with E-state index in [2.05, 4.69) is 16.8 Å². The van der Waals surface area contributed by atoms with Crippen LogP contribution in [0.3, 0.4) is 0 Å². The summed E-state index contributed by atoms with van der Waals surface area (Å²) in [6, 6.07) is 4.64. The predicted molar refractivity (Wildman–Crippen MR) is 97.7 cm³/mol. The molecule has 1 aliphatic rings. The monoisotopic (exact) mass is 362 g/mol. The number of methoxy groups -OCH3 is 1. The van der Waals surface area contributed by atoms with Crippen molar-refractivity contribution in [3.63, 3.8) is 0 Å². The zero-order valence-electron chi connectivity index (χ0n) is 15.8. The largest absolute Gasteiger partial charge is 0.494 e. The number of aryl methyl sites for hydroxylation is 1. The van der Waals surface area contributed by atoms with Crippen LogP contribution in [-0.4, -0.2) is 42.8 Å². The van der Waals surface area contributed by atoms with Gasteiger partial charge in [-0.15, -0.1) is 0 Å². The van der Waals surface area contributed by atoms with Gasteiger partial charge in [-0.25, -0.2) is 9.37 Å². The Hall–Kier alpha value is -1.92. The summed E-state index contributed by atoms with van der Waals surface area (Å²) < 4.78 is 30.3. The molecule has 6 heteroatoms. The number of hydrogen-bond acceptors (Lipinski definition) is 5. The van der Waals surface area contributed by atoms with Crippen molar-refractivity contribution in [2.24, 2.45) is 0 Å². The Morgan fingerprint density at radius 2 is 2.23 bits per heavy atom. The molecule has 3 rings (SSSR count). The Bertz CT molecular complexity index is 726. The van der Waals surface area contributed by atoms with E-state index >= 15 is 0 Å². The van der Waals surface area contributed by atoms with Gasteiger partial charge in [0, 0.05) is 25.3 Å². The molecule has 0 radical (unpaired) electrons. The number of ether oxygens (including phenoxy) is 2. The van der Waals surface area contributed by atoms with Crippen LogP contribution in [0.25, 0.3) is 11.5 Å². The van der Waals surface area contributed by atoms with Crippen LogP contribution in [0.5, 0.6) is 5.75 Å². The van der Waals surface area contributed by atoms with Gasteiger partial charge in [0.05, 0.1) is 18.9 Å². The standard InChI is InChI=1S/C20H27FN2O3/c1-4-9-23(12-16-6-5-10-25-16)13-18-14(2)26-20(22-18)15-7-8-17(21)19(11-15)24-3/h7-8,11,16H,4-6,9-10,12-13H2,1-3H3/t16-/m0/s1. The van der Waals surface area contributed by atoms with E-state index in [4.69, 9.17) is 13.9 Å². The lowest BCUT2D eigenvalue weighted by Crippen LogP contribution is -2.32. The smallest absolute Gasteiger partial charge is 0.226 e. The average molecular weight is 362 g/mol. The van der Waals surface area contributed by atoms with Crippen molar-refractivity contribution >= 4 is 0 Å². The Balaban J connectivity index is 1.75. The second-order valence-corrected chi connectivity index (χ2v) is 6.74. The van der Waals surface area contributed by atoms with E-state index in [9.17, 15) is 4.39 Å². The fourth-order valence-corrected chi connectivity index (χ4v) is 3.33. The highest BCUT2D eigenvalue weighted by atomic mass is 19.1. The van der Waals surface area contributed by atoms with E-state index in [-0.39, 0.29) is 5.75 Å². The van der Waals surface area contributed by atoms with Gasteiger partial charge < -0.3 is 13.9 Å². The summed E-state index contributed by atoms with van der Waals surface area (Å²) in [4.78, 5) is 7.03. The van der Waals surface area contributed by atoms with Crippen LogP contribution >= 0.6 is 0 Å². The third-order valence-corrected chi connectivity index (χ3v) is 4.69. The van der Waals surface area contributed by atoms with Gasteiger partial charge in [-0.1, -0.05) is 6.92 Å². The lowest BCUT2D eigenvalue weighted by atomic mass is 10.2. The Kier molecular flexibility index (Phi) is 6.27. The van der Waals surface area contributed by atoms with Gasteiger partial charge >= 0.3 is 0 Å². The molecule has 1 saturated heterocycles. The molecule has 142 valence electrons. The number of rotatable bonds is 8. The molecule has 1 aromatic heterocycles. The number of halogens is 1. The molecule has 2 heterocycles. The molecule has 2 aromatic rings. The highest BCUT2D eigenvalue weighted by Gasteiger charge is 2.21. The molecular formula is C20H27FN2O3. The molecule has 0 saturated carbocycles. The SMILES string of the molecule is CCCN(Cc1nc(-c2ccc(F)c(OC)c2)oc1C)C[C@@H]1CCCO1. The maximum absolute atomic E-state index is 13.6. The van der Waals surface area contributed by atoms with Crippen LogP contribution in [0.1, 0.15) is 37.6 Å². The van der Waals surface area contributed by atoms with Crippen LogP contribution < -0.4 is 4.74 Å². The van der Waals surface area contributed by atoms with Crippen molar-refractivity contribution in [2.45, 2.75) is 45.8 Å². The summed E-state index contributed by atoms with van der Waals surface area (Å²) in [6.45, 7) is 7.59. The summed E-state index contributed by atoms with van der Waals surface area (Å²) in [5, 5.41) is 0. The maximum atomic E-state index is 13.6. The van der Waals surface area contributed by atoms with Gasteiger partial charge in [0.2, 0.25) is 5.89 Å².